The Hall–Kier alpha value is -0.170. The van der Waals surface area contributed by atoms with Gasteiger partial charge in [0.05, 0.1) is 6.10 Å². The molecule has 6 heteroatoms. The van der Waals surface area contributed by atoms with Crippen LogP contribution in [0.4, 0.5) is 0 Å². The monoisotopic (exact) mass is 304 g/mol. The molecular formula is C14H28N2O3S. The van der Waals surface area contributed by atoms with Crippen molar-refractivity contribution in [3.8, 4) is 0 Å². The van der Waals surface area contributed by atoms with E-state index >= 15 is 0 Å². The van der Waals surface area contributed by atoms with E-state index in [1.165, 1.54) is 0 Å². The summed E-state index contributed by atoms with van der Waals surface area (Å²) in [6.45, 7) is 5.05. The van der Waals surface area contributed by atoms with Crippen molar-refractivity contribution in [1.82, 2.24) is 9.03 Å². The van der Waals surface area contributed by atoms with Gasteiger partial charge in [-0.1, -0.05) is 26.7 Å². The van der Waals surface area contributed by atoms with E-state index in [-0.39, 0.29) is 18.1 Å². The highest BCUT2D eigenvalue weighted by atomic mass is 32.2. The molecule has 0 bridgehead atoms. The molecule has 1 aliphatic carbocycles. The number of rotatable bonds is 5. The molecule has 2 rings (SSSR count). The number of aliphatic hydroxyl groups excluding tert-OH is 1. The van der Waals surface area contributed by atoms with Crippen LogP contribution in [-0.4, -0.2) is 43.1 Å². The fourth-order valence-corrected chi connectivity index (χ4v) is 5.13. The molecule has 5 nitrogen and oxygen atoms in total. The highest BCUT2D eigenvalue weighted by molar-refractivity contribution is 7.87. The van der Waals surface area contributed by atoms with Crippen LogP contribution in [0.1, 0.15) is 52.4 Å². The number of nitrogens with zero attached hydrogens (tertiary/aromatic N) is 1. The molecule has 118 valence electrons. The third kappa shape index (κ3) is 3.72. The smallest absolute Gasteiger partial charge is 0.279 e. The van der Waals surface area contributed by atoms with Crippen LogP contribution in [0.15, 0.2) is 0 Å². The van der Waals surface area contributed by atoms with E-state index in [2.05, 4.69) is 4.72 Å². The molecule has 2 aliphatic rings. The summed E-state index contributed by atoms with van der Waals surface area (Å²) in [6, 6.07) is -0.0223. The van der Waals surface area contributed by atoms with Gasteiger partial charge in [0.25, 0.3) is 10.2 Å². The average molecular weight is 304 g/mol. The normalized spacial score (nSPS) is 32.9. The number of nitrogens with one attached hydrogen (secondary N) is 1. The van der Waals surface area contributed by atoms with Crippen LogP contribution in [0, 0.1) is 11.8 Å². The van der Waals surface area contributed by atoms with Crippen LogP contribution in [0.3, 0.4) is 0 Å². The van der Waals surface area contributed by atoms with Crippen LogP contribution in [0.5, 0.6) is 0 Å². The molecule has 2 N–H and O–H groups in total. The molecule has 0 amide bonds. The van der Waals surface area contributed by atoms with Crippen molar-refractivity contribution in [3.05, 3.63) is 0 Å². The fourth-order valence-electron chi connectivity index (χ4n) is 3.43. The maximum atomic E-state index is 12.5. The van der Waals surface area contributed by atoms with Crippen molar-refractivity contribution in [3.63, 3.8) is 0 Å². The number of aliphatic hydroxyl groups is 1. The Labute approximate surface area is 122 Å². The van der Waals surface area contributed by atoms with Gasteiger partial charge < -0.3 is 5.11 Å². The zero-order valence-corrected chi connectivity index (χ0v) is 13.4. The lowest BCUT2D eigenvalue weighted by Crippen LogP contribution is -2.53. The zero-order valence-electron chi connectivity index (χ0n) is 12.6. The molecule has 20 heavy (non-hydrogen) atoms. The molecular weight excluding hydrogens is 276 g/mol. The standard InChI is InChI=1S/C14H28N2O3S/c1-11(2)10-15-20(18,19)16-9-4-3-7-13(16)12-6-5-8-14(12)17/h11-15,17H,3-10H2,1-2H3. The van der Waals surface area contributed by atoms with Gasteiger partial charge in [0.2, 0.25) is 0 Å². The second-order valence-corrected chi connectivity index (χ2v) is 8.29. The Bertz CT molecular complexity index is 411. The number of piperidine rings is 1. The molecule has 1 heterocycles. The quantitative estimate of drug-likeness (QED) is 0.808. The van der Waals surface area contributed by atoms with Gasteiger partial charge in [-0.3, -0.25) is 0 Å². The van der Waals surface area contributed by atoms with Crippen LogP contribution >= 0.6 is 0 Å². The van der Waals surface area contributed by atoms with E-state index in [0.29, 0.717) is 19.0 Å². The lowest BCUT2D eigenvalue weighted by Gasteiger charge is -2.39. The van der Waals surface area contributed by atoms with Gasteiger partial charge in [-0.2, -0.15) is 12.7 Å². The SMILES string of the molecule is CC(C)CNS(=O)(=O)N1CCCCC1C1CCCC1O. The minimum atomic E-state index is -3.42. The summed E-state index contributed by atoms with van der Waals surface area (Å²) < 4.78 is 29.3. The Kier molecular flexibility index (Phi) is 5.45. The van der Waals surface area contributed by atoms with Crippen molar-refractivity contribution in [2.75, 3.05) is 13.1 Å². The van der Waals surface area contributed by atoms with Crippen molar-refractivity contribution >= 4 is 10.2 Å². The molecule has 0 radical (unpaired) electrons. The predicted molar refractivity (Wildman–Crippen MR) is 79.5 cm³/mol. The summed E-state index contributed by atoms with van der Waals surface area (Å²) in [6.07, 6.45) is 5.29. The number of hydrogen-bond acceptors (Lipinski definition) is 3. The second kappa shape index (κ2) is 6.73. The van der Waals surface area contributed by atoms with Crippen molar-refractivity contribution in [1.29, 1.82) is 0 Å². The Morgan fingerprint density at radius 1 is 1.20 bits per heavy atom. The summed E-state index contributed by atoms with van der Waals surface area (Å²) in [4.78, 5) is 0. The lowest BCUT2D eigenvalue weighted by atomic mass is 9.89. The zero-order chi connectivity index (χ0) is 14.8. The van der Waals surface area contributed by atoms with Gasteiger partial charge in [0.15, 0.2) is 0 Å². The van der Waals surface area contributed by atoms with Gasteiger partial charge >= 0.3 is 0 Å². The summed E-state index contributed by atoms with van der Waals surface area (Å²) in [5.41, 5.74) is 0. The predicted octanol–water partition coefficient (Wildman–Crippen LogP) is 1.49. The minimum Gasteiger partial charge on any atom is -0.393 e. The molecule has 0 spiro atoms. The summed E-state index contributed by atoms with van der Waals surface area (Å²) in [5.74, 6) is 0.413. The third-order valence-electron chi connectivity index (χ3n) is 4.51. The van der Waals surface area contributed by atoms with Crippen LogP contribution in [0.25, 0.3) is 0 Å². The van der Waals surface area contributed by atoms with Crippen molar-refractivity contribution < 1.29 is 13.5 Å². The van der Waals surface area contributed by atoms with E-state index in [1.807, 2.05) is 13.8 Å². The maximum absolute atomic E-state index is 12.5. The summed E-state index contributed by atoms with van der Waals surface area (Å²) >= 11 is 0. The van der Waals surface area contributed by atoms with E-state index in [0.717, 1.165) is 38.5 Å². The number of hydrogen-bond donors (Lipinski definition) is 2. The molecule has 3 atom stereocenters. The lowest BCUT2D eigenvalue weighted by molar-refractivity contribution is 0.0718. The molecule has 0 aromatic heterocycles. The molecule has 2 fully saturated rings. The van der Waals surface area contributed by atoms with Crippen molar-refractivity contribution in [2.24, 2.45) is 11.8 Å². The molecule has 0 aromatic carbocycles. The first-order valence-electron chi connectivity index (χ1n) is 7.86. The van der Waals surface area contributed by atoms with Gasteiger partial charge in [0.1, 0.15) is 0 Å². The first kappa shape index (κ1) is 16.2. The second-order valence-electron chi connectivity index (χ2n) is 6.58. The molecule has 1 aliphatic heterocycles. The molecule has 1 saturated heterocycles. The fraction of sp³-hybridized carbons (Fsp3) is 1.00. The van der Waals surface area contributed by atoms with E-state index in [4.69, 9.17) is 0 Å². The topological polar surface area (TPSA) is 69.6 Å². The molecule has 0 aromatic rings. The summed E-state index contributed by atoms with van der Waals surface area (Å²) in [5, 5.41) is 10.1. The molecule has 1 saturated carbocycles. The summed E-state index contributed by atoms with van der Waals surface area (Å²) in [7, 11) is -3.42. The Morgan fingerprint density at radius 3 is 2.55 bits per heavy atom. The Morgan fingerprint density at radius 2 is 1.95 bits per heavy atom. The van der Waals surface area contributed by atoms with E-state index in [9.17, 15) is 13.5 Å². The largest absolute Gasteiger partial charge is 0.393 e. The van der Waals surface area contributed by atoms with Crippen LogP contribution in [0.2, 0.25) is 0 Å². The maximum Gasteiger partial charge on any atom is 0.279 e. The minimum absolute atomic E-state index is 0.0223. The highest BCUT2D eigenvalue weighted by Gasteiger charge is 2.41. The van der Waals surface area contributed by atoms with Crippen molar-refractivity contribution in [2.45, 2.75) is 64.5 Å². The van der Waals surface area contributed by atoms with Crippen LogP contribution in [-0.2, 0) is 10.2 Å². The first-order chi connectivity index (χ1) is 9.42. The highest BCUT2D eigenvalue weighted by Crippen LogP contribution is 2.36. The average Bonchev–Trinajstić information content (AvgIpc) is 2.83. The Balaban J connectivity index is 2.09. The van der Waals surface area contributed by atoms with E-state index in [1.54, 1.807) is 4.31 Å². The van der Waals surface area contributed by atoms with Gasteiger partial charge in [0, 0.05) is 25.0 Å². The third-order valence-corrected chi connectivity index (χ3v) is 6.11. The first-order valence-corrected chi connectivity index (χ1v) is 9.30. The van der Waals surface area contributed by atoms with E-state index < -0.39 is 10.2 Å². The van der Waals surface area contributed by atoms with Gasteiger partial charge in [-0.25, -0.2) is 4.72 Å². The molecule has 3 unspecified atom stereocenters. The van der Waals surface area contributed by atoms with Crippen LogP contribution < -0.4 is 4.72 Å². The van der Waals surface area contributed by atoms with Gasteiger partial charge in [-0.15, -0.1) is 0 Å². The van der Waals surface area contributed by atoms with Gasteiger partial charge in [-0.05, 0) is 31.6 Å².